The molecule has 1 fully saturated rings. The lowest BCUT2D eigenvalue weighted by atomic mass is 9.99. The monoisotopic (exact) mass is 530 g/mol. The van der Waals surface area contributed by atoms with Crippen molar-refractivity contribution in [3.8, 4) is 5.75 Å². The molecule has 0 N–H and O–H groups in total. The second-order valence-electron chi connectivity index (χ2n) is 9.26. The Morgan fingerprint density at radius 2 is 1.78 bits per heavy atom. The molecule has 3 aromatic rings. The number of carbonyl (C=O) groups is 2. The number of aromatic nitrogens is 2. The maximum absolute atomic E-state index is 13.4. The molecule has 2 aromatic carbocycles. The largest absolute Gasteiger partial charge is 0.495 e. The van der Waals surface area contributed by atoms with Gasteiger partial charge >= 0.3 is 5.69 Å². The van der Waals surface area contributed by atoms with Crippen molar-refractivity contribution in [3.05, 3.63) is 72.8 Å². The predicted molar refractivity (Wildman–Crippen MR) is 141 cm³/mol. The SMILES string of the molecule is COc1ccc(C(=O)Cn2c(=O)n(CCCC(=O)CC3CCCC3)c(=O)c3cc(Cl)ccc32)cc1Cl. The summed E-state index contributed by atoms with van der Waals surface area (Å²) in [6.45, 7) is -0.209. The second kappa shape index (κ2) is 11.4. The van der Waals surface area contributed by atoms with Crippen LogP contribution in [0, 0.1) is 5.92 Å². The van der Waals surface area contributed by atoms with E-state index in [0.29, 0.717) is 47.0 Å². The minimum absolute atomic E-state index is 0.0824. The molecule has 0 atom stereocenters. The average molecular weight is 531 g/mol. The van der Waals surface area contributed by atoms with Crippen molar-refractivity contribution in [2.45, 2.75) is 58.0 Å². The van der Waals surface area contributed by atoms with Crippen LogP contribution in [0.2, 0.25) is 10.0 Å². The summed E-state index contributed by atoms with van der Waals surface area (Å²) in [5.74, 6) is 0.694. The Balaban J connectivity index is 1.61. The molecule has 1 aliphatic rings. The van der Waals surface area contributed by atoms with Crippen molar-refractivity contribution >= 4 is 45.7 Å². The van der Waals surface area contributed by atoms with Crippen LogP contribution in [-0.2, 0) is 17.9 Å². The molecule has 0 radical (unpaired) electrons. The number of carbonyl (C=O) groups excluding carboxylic acids is 2. The van der Waals surface area contributed by atoms with E-state index in [1.807, 2.05) is 0 Å². The zero-order chi connectivity index (χ0) is 25.8. The number of ether oxygens (including phenoxy) is 1. The number of methoxy groups -OCH3 is 1. The van der Waals surface area contributed by atoms with E-state index in [2.05, 4.69) is 0 Å². The molecule has 0 saturated heterocycles. The summed E-state index contributed by atoms with van der Waals surface area (Å²) in [5.41, 5.74) is -0.469. The summed E-state index contributed by atoms with van der Waals surface area (Å²) < 4.78 is 7.50. The maximum atomic E-state index is 13.4. The van der Waals surface area contributed by atoms with Gasteiger partial charge in [0.05, 0.1) is 29.6 Å². The van der Waals surface area contributed by atoms with Gasteiger partial charge in [0.15, 0.2) is 5.78 Å². The van der Waals surface area contributed by atoms with Crippen LogP contribution in [0.3, 0.4) is 0 Å². The van der Waals surface area contributed by atoms with Crippen molar-refractivity contribution in [1.82, 2.24) is 9.13 Å². The average Bonchev–Trinajstić information content (AvgIpc) is 3.36. The molecule has 0 unspecified atom stereocenters. The molecule has 1 aliphatic carbocycles. The lowest BCUT2D eigenvalue weighted by Crippen LogP contribution is -2.41. The maximum Gasteiger partial charge on any atom is 0.331 e. The Kier molecular flexibility index (Phi) is 8.32. The summed E-state index contributed by atoms with van der Waals surface area (Å²) in [4.78, 5) is 52.0. The second-order valence-corrected chi connectivity index (χ2v) is 10.1. The summed E-state index contributed by atoms with van der Waals surface area (Å²) in [5, 5.41) is 0.857. The van der Waals surface area contributed by atoms with Crippen LogP contribution in [0.25, 0.3) is 10.9 Å². The number of benzene rings is 2. The molecule has 7 nitrogen and oxygen atoms in total. The minimum atomic E-state index is -0.606. The van der Waals surface area contributed by atoms with Crippen molar-refractivity contribution in [2.24, 2.45) is 5.92 Å². The normalized spacial score (nSPS) is 13.9. The number of Topliss-reactive ketones (excluding diaryl/α,β-unsaturated/α-hetero) is 2. The van der Waals surface area contributed by atoms with Gasteiger partial charge in [0.25, 0.3) is 5.56 Å². The number of hydrogen-bond acceptors (Lipinski definition) is 5. The molecule has 36 heavy (non-hydrogen) atoms. The van der Waals surface area contributed by atoms with Crippen molar-refractivity contribution in [3.63, 3.8) is 0 Å². The number of ketones is 2. The first kappa shape index (κ1) is 26.2. The van der Waals surface area contributed by atoms with E-state index in [0.717, 1.165) is 17.4 Å². The Bertz CT molecular complexity index is 1420. The van der Waals surface area contributed by atoms with Gasteiger partial charge in [-0.2, -0.15) is 0 Å². The molecule has 1 aromatic heterocycles. The number of fused-ring (bicyclic) bond motifs is 1. The minimum Gasteiger partial charge on any atom is -0.495 e. The van der Waals surface area contributed by atoms with Crippen LogP contribution >= 0.6 is 23.2 Å². The van der Waals surface area contributed by atoms with Crippen molar-refractivity contribution < 1.29 is 14.3 Å². The zero-order valence-corrected chi connectivity index (χ0v) is 21.6. The lowest BCUT2D eigenvalue weighted by molar-refractivity contribution is -0.120. The molecular weight excluding hydrogens is 503 g/mol. The standard InChI is InChI=1S/C27H28Cl2N2O5/c1-36-25-11-8-18(14-22(25)29)24(33)16-31-23-10-9-19(28)15-21(23)26(34)30(27(31)35)12-4-7-20(32)13-17-5-2-3-6-17/h8-11,14-15,17H,2-7,12-13,16H2,1H3. The fourth-order valence-corrected chi connectivity index (χ4v) is 5.32. The third kappa shape index (κ3) is 5.73. The van der Waals surface area contributed by atoms with Crippen LogP contribution in [-0.4, -0.2) is 27.8 Å². The van der Waals surface area contributed by atoms with Crippen LogP contribution < -0.4 is 16.0 Å². The van der Waals surface area contributed by atoms with E-state index in [1.165, 1.54) is 36.7 Å². The first-order chi connectivity index (χ1) is 17.3. The van der Waals surface area contributed by atoms with E-state index < -0.39 is 11.2 Å². The Labute approximate surface area is 218 Å². The summed E-state index contributed by atoms with van der Waals surface area (Å²) in [6.07, 6.45) is 5.77. The molecule has 1 saturated carbocycles. The lowest BCUT2D eigenvalue weighted by Gasteiger charge is -2.14. The van der Waals surface area contributed by atoms with Gasteiger partial charge in [0.1, 0.15) is 11.5 Å². The number of halogens is 2. The molecule has 0 aliphatic heterocycles. The van der Waals surface area contributed by atoms with Crippen LogP contribution in [0.5, 0.6) is 5.75 Å². The van der Waals surface area contributed by atoms with Crippen LogP contribution in [0.15, 0.2) is 46.0 Å². The molecule has 4 rings (SSSR count). The van der Waals surface area contributed by atoms with Gasteiger partial charge in [-0.1, -0.05) is 48.9 Å². The first-order valence-electron chi connectivity index (χ1n) is 12.1. The van der Waals surface area contributed by atoms with Gasteiger partial charge in [-0.05, 0) is 48.7 Å². The number of rotatable bonds is 10. The van der Waals surface area contributed by atoms with E-state index >= 15 is 0 Å². The highest BCUT2D eigenvalue weighted by Crippen LogP contribution is 2.28. The Morgan fingerprint density at radius 3 is 2.47 bits per heavy atom. The smallest absolute Gasteiger partial charge is 0.331 e. The molecule has 190 valence electrons. The van der Waals surface area contributed by atoms with Gasteiger partial charge < -0.3 is 4.74 Å². The Hall–Kier alpha value is -2.90. The van der Waals surface area contributed by atoms with Gasteiger partial charge in [0, 0.05) is 30.0 Å². The summed E-state index contributed by atoms with van der Waals surface area (Å²) in [7, 11) is 1.48. The van der Waals surface area contributed by atoms with Gasteiger partial charge in [0.2, 0.25) is 0 Å². The zero-order valence-electron chi connectivity index (χ0n) is 20.1. The third-order valence-electron chi connectivity index (χ3n) is 6.79. The number of hydrogen-bond donors (Lipinski definition) is 0. The third-order valence-corrected chi connectivity index (χ3v) is 7.32. The molecule has 0 spiro atoms. The topological polar surface area (TPSA) is 87.4 Å². The van der Waals surface area contributed by atoms with E-state index in [4.69, 9.17) is 27.9 Å². The molecule has 9 heteroatoms. The molecular formula is C27H28Cl2N2O5. The van der Waals surface area contributed by atoms with Crippen LogP contribution in [0.1, 0.15) is 55.3 Å². The summed E-state index contributed by atoms with van der Waals surface area (Å²) >= 11 is 12.3. The predicted octanol–water partition coefficient (Wildman–Crippen LogP) is 5.29. The van der Waals surface area contributed by atoms with Gasteiger partial charge in [-0.3, -0.25) is 23.5 Å². The molecule has 0 bridgehead atoms. The highest BCUT2D eigenvalue weighted by Gasteiger charge is 2.20. The molecule has 1 heterocycles. The quantitative estimate of drug-likeness (QED) is 0.332. The fourth-order valence-electron chi connectivity index (χ4n) is 4.89. The summed E-state index contributed by atoms with van der Waals surface area (Å²) in [6, 6.07) is 9.26. The first-order valence-corrected chi connectivity index (χ1v) is 12.9. The number of nitrogens with zero attached hydrogens (tertiary/aromatic N) is 2. The van der Waals surface area contributed by atoms with E-state index in [1.54, 1.807) is 24.3 Å². The van der Waals surface area contributed by atoms with Gasteiger partial charge in [-0.25, -0.2) is 4.79 Å². The van der Waals surface area contributed by atoms with Gasteiger partial charge in [-0.15, -0.1) is 0 Å². The highest BCUT2D eigenvalue weighted by atomic mass is 35.5. The van der Waals surface area contributed by atoms with Crippen molar-refractivity contribution in [1.29, 1.82) is 0 Å². The van der Waals surface area contributed by atoms with Crippen LogP contribution in [0.4, 0.5) is 0 Å². The van der Waals surface area contributed by atoms with E-state index in [-0.39, 0.29) is 35.1 Å². The fraction of sp³-hybridized carbons (Fsp3) is 0.407. The highest BCUT2D eigenvalue weighted by molar-refractivity contribution is 6.32. The molecule has 0 amide bonds. The van der Waals surface area contributed by atoms with Crippen molar-refractivity contribution in [2.75, 3.05) is 7.11 Å². The van der Waals surface area contributed by atoms with E-state index in [9.17, 15) is 19.2 Å². The Morgan fingerprint density at radius 1 is 1.03 bits per heavy atom.